The molecule has 0 saturated heterocycles. The number of carbonyl (C=O) groups is 1. The van der Waals surface area contributed by atoms with Crippen LogP contribution < -0.4 is 5.63 Å². The van der Waals surface area contributed by atoms with Gasteiger partial charge in [-0.2, -0.15) is 0 Å². The molecule has 0 aliphatic rings. The molecular formula is C12H9ClO3. The van der Waals surface area contributed by atoms with Crippen LogP contribution in [0.5, 0.6) is 0 Å². The van der Waals surface area contributed by atoms with Gasteiger partial charge in [0.1, 0.15) is 5.58 Å². The molecule has 0 amide bonds. The molecule has 82 valence electrons. The quantitative estimate of drug-likeness (QED) is 0.594. The third-order valence-corrected chi connectivity index (χ3v) is 2.45. The van der Waals surface area contributed by atoms with Crippen LogP contribution >= 0.6 is 11.6 Å². The van der Waals surface area contributed by atoms with Crippen LogP contribution in [0.4, 0.5) is 0 Å². The van der Waals surface area contributed by atoms with E-state index >= 15 is 0 Å². The Hall–Kier alpha value is -1.61. The zero-order valence-corrected chi connectivity index (χ0v) is 9.38. The third-order valence-electron chi connectivity index (χ3n) is 2.32. The largest absolute Gasteiger partial charge is 0.423 e. The Morgan fingerprint density at radius 1 is 1.38 bits per heavy atom. The minimum Gasteiger partial charge on any atom is -0.423 e. The van der Waals surface area contributed by atoms with Gasteiger partial charge in [-0.05, 0) is 35.7 Å². The Morgan fingerprint density at radius 2 is 2.12 bits per heavy atom. The summed E-state index contributed by atoms with van der Waals surface area (Å²) in [6, 6.07) is 6.78. The monoisotopic (exact) mass is 236 g/mol. The van der Waals surface area contributed by atoms with Crippen LogP contribution in [0.3, 0.4) is 0 Å². The van der Waals surface area contributed by atoms with Gasteiger partial charge in [0.05, 0.1) is 0 Å². The van der Waals surface area contributed by atoms with Crippen LogP contribution in [-0.2, 0) is 11.2 Å². The minimum absolute atomic E-state index is 0.0344. The molecule has 1 aromatic heterocycles. The van der Waals surface area contributed by atoms with E-state index in [1.807, 2.05) is 19.1 Å². The average Bonchev–Trinajstić information content (AvgIpc) is 2.15. The molecule has 0 unspecified atom stereocenters. The van der Waals surface area contributed by atoms with Gasteiger partial charge in [-0.25, -0.2) is 4.79 Å². The summed E-state index contributed by atoms with van der Waals surface area (Å²) in [6.07, 6.45) is 0.0344. The maximum atomic E-state index is 11.3. The molecule has 3 nitrogen and oxygen atoms in total. The minimum atomic E-state index is -0.493. The number of hydrogen-bond donors (Lipinski definition) is 0. The van der Waals surface area contributed by atoms with E-state index in [0.29, 0.717) is 11.1 Å². The molecule has 2 rings (SSSR count). The zero-order valence-electron chi connectivity index (χ0n) is 8.62. The molecule has 0 bridgehead atoms. The van der Waals surface area contributed by atoms with Crippen molar-refractivity contribution in [3.05, 3.63) is 45.8 Å². The highest BCUT2D eigenvalue weighted by molar-refractivity contribution is 6.63. The number of benzene rings is 1. The van der Waals surface area contributed by atoms with Crippen LogP contribution in [0.15, 0.2) is 33.5 Å². The second kappa shape index (κ2) is 4.10. The SMILES string of the molecule is Cc1ccc2c(CC(=O)Cl)cc(=O)oc2c1. The van der Waals surface area contributed by atoms with Crippen molar-refractivity contribution in [1.29, 1.82) is 0 Å². The maximum Gasteiger partial charge on any atom is 0.336 e. The van der Waals surface area contributed by atoms with E-state index in [1.54, 1.807) is 6.07 Å². The second-order valence-corrected chi connectivity index (χ2v) is 4.04. The van der Waals surface area contributed by atoms with Crippen molar-refractivity contribution < 1.29 is 9.21 Å². The summed E-state index contributed by atoms with van der Waals surface area (Å²) in [5, 5.41) is 0.256. The molecule has 4 heteroatoms. The molecule has 0 radical (unpaired) electrons. The molecule has 0 atom stereocenters. The summed E-state index contributed by atoms with van der Waals surface area (Å²) in [7, 11) is 0. The van der Waals surface area contributed by atoms with Gasteiger partial charge in [0.15, 0.2) is 0 Å². The van der Waals surface area contributed by atoms with E-state index in [-0.39, 0.29) is 6.42 Å². The van der Waals surface area contributed by atoms with Gasteiger partial charge in [-0.1, -0.05) is 12.1 Å². The number of hydrogen-bond acceptors (Lipinski definition) is 3. The van der Waals surface area contributed by atoms with Gasteiger partial charge in [-0.3, -0.25) is 4.79 Å². The van der Waals surface area contributed by atoms with Gasteiger partial charge in [0, 0.05) is 17.9 Å². The molecule has 0 aliphatic carbocycles. The van der Waals surface area contributed by atoms with Crippen molar-refractivity contribution in [3.8, 4) is 0 Å². The summed E-state index contributed by atoms with van der Waals surface area (Å²) in [5.41, 5.74) is 1.61. The Balaban J connectivity index is 2.72. The van der Waals surface area contributed by atoms with Gasteiger partial charge in [0.25, 0.3) is 0 Å². The van der Waals surface area contributed by atoms with E-state index in [1.165, 1.54) is 6.07 Å². The van der Waals surface area contributed by atoms with Gasteiger partial charge >= 0.3 is 5.63 Å². The van der Waals surface area contributed by atoms with Crippen LogP contribution in [-0.4, -0.2) is 5.24 Å². The second-order valence-electron chi connectivity index (χ2n) is 3.62. The summed E-state index contributed by atoms with van der Waals surface area (Å²) < 4.78 is 5.05. The Bertz CT molecular complexity index is 613. The first-order chi connectivity index (χ1) is 7.56. The molecule has 0 aliphatic heterocycles. The van der Waals surface area contributed by atoms with Crippen molar-refractivity contribution in [2.24, 2.45) is 0 Å². The molecular weight excluding hydrogens is 228 g/mol. The van der Waals surface area contributed by atoms with E-state index in [4.69, 9.17) is 16.0 Å². The molecule has 1 aromatic carbocycles. The standard InChI is InChI=1S/C12H9ClO3/c1-7-2-3-9-8(5-11(13)14)6-12(15)16-10(9)4-7/h2-4,6H,5H2,1H3. The fourth-order valence-corrected chi connectivity index (χ4v) is 1.78. The summed E-state index contributed by atoms with van der Waals surface area (Å²) in [4.78, 5) is 22.1. The topological polar surface area (TPSA) is 47.3 Å². The van der Waals surface area contributed by atoms with Crippen LogP contribution in [0.25, 0.3) is 11.0 Å². The lowest BCUT2D eigenvalue weighted by atomic mass is 10.1. The summed E-state index contributed by atoms with van der Waals surface area (Å²) in [6.45, 7) is 1.90. The molecule has 0 N–H and O–H groups in total. The summed E-state index contributed by atoms with van der Waals surface area (Å²) >= 11 is 5.32. The van der Waals surface area contributed by atoms with E-state index in [0.717, 1.165) is 10.9 Å². The van der Waals surface area contributed by atoms with Crippen LogP contribution in [0.2, 0.25) is 0 Å². The lowest BCUT2D eigenvalue weighted by molar-refractivity contribution is -0.111. The van der Waals surface area contributed by atoms with E-state index < -0.39 is 10.9 Å². The van der Waals surface area contributed by atoms with Crippen molar-refractivity contribution >= 4 is 27.8 Å². The first-order valence-corrected chi connectivity index (χ1v) is 5.16. The maximum absolute atomic E-state index is 11.3. The van der Waals surface area contributed by atoms with Gasteiger partial charge in [-0.15, -0.1) is 0 Å². The number of rotatable bonds is 2. The average molecular weight is 237 g/mol. The Labute approximate surface area is 96.6 Å². The fourth-order valence-electron chi connectivity index (χ4n) is 1.63. The number of carbonyl (C=O) groups excluding carboxylic acids is 1. The molecule has 1 heterocycles. The van der Waals surface area contributed by atoms with Gasteiger partial charge < -0.3 is 4.42 Å². The van der Waals surface area contributed by atoms with E-state index in [2.05, 4.69) is 0 Å². The van der Waals surface area contributed by atoms with Crippen molar-refractivity contribution in [1.82, 2.24) is 0 Å². The Kier molecular flexibility index (Phi) is 2.79. The van der Waals surface area contributed by atoms with Crippen molar-refractivity contribution in [3.63, 3.8) is 0 Å². The van der Waals surface area contributed by atoms with Crippen molar-refractivity contribution in [2.45, 2.75) is 13.3 Å². The van der Waals surface area contributed by atoms with E-state index in [9.17, 15) is 9.59 Å². The first-order valence-electron chi connectivity index (χ1n) is 4.78. The molecule has 16 heavy (non-hydrogen) atoms. The molecule has 0 fully saturated rings. The normalized spacial score (nSPS) is 10.6. The predicted octanol–water partition coefficient (Wildman–Crippen LogP) is 2.41. The lowest BCUT2D eigenvalue weighted by Gasteiger charge is -2.03. The highest BCUT2D eigenvalue weighted by Gasteiger charge is 2.08. The lowest BCUT2D eigenvalue weighted by Crippen LogP contribution is -2.03. The molecule has 2 aromatic rings. The number of halogens is 1. The van der Waals surface area contributed by atoms with Crippen LogP contribution in [0.1, 0.15) is 11.1 Å². The molecule has 0 spiro atoms. The highest BCUT2D eigenvalue weighted by Crippen LogP contribution is 2.19. The molecule has 0 saturated carbocycles. The smallest absolute Gasteiger partial charge is 0.336 e. The fraction of sp³-hybridized carbons (Fsp3) is 0.167. The predicted molar refractivity (Wildman–Crippen MR) is 61.8 cm³/mol. The highest BCUT2D eigenvalue weighted by atomic mass is 35.5. The third kappa shape index (κ3) is 2.14. The van der Waals surface area contributed by atoms with Crippen LogP contribution in [0, 0.1) is 6.92 Å². The number of fused-ring (bicyclic) bond motifs is 1. The zero-order chi connectivity index (χ0) is 11.7. The van der Waals surface area contributed by atoms with Gasteiger partial charge in [0.2, 0.25) is 5.24 Å². The Morgan fingerprint density at radius 3 is 2.81 bits per heavy atom. The number of aryl methyl sites for hydroxylation is 1. The van der Waals surface area contributed by atoms with Crippen molar-refractivity contribution in [2.75, 3.05) is 0 Å². The summed E-state index contributed by atoms with van der Waals surface area (Å²) in [5.74, 6) is 0. The first kappa shape index (κ1) is 10.9.